The van der Waals surface area contributed by atoms with Gasteiger partial charge in [-0.15, -0.1) is 5.10 Å². The van der Waals surface area contributed by atoms with Crippen LogP contribution in [0.5, 0.6) is 0 Å². The summed E-state index contributed by atoms with van der Waals surface area (Å²) in [5.41, 5.74) is 1.26. The van der Waals surface area contributed by atoms with Crippen molar-refractivity contribution in [2.45, 2.75) is 44.1 Å². The molecule has 122 valence electrons. The van der Waals surface area contributed by atoms with Crippen LogP contribution in [0.2, 0.25) is 0 Å². The molecule has 1 aromatic heterocycles. The average molecular weight is 333 g/mol. The summed E-state index contributed by atoms with van der Waals surface area (Å²) in [5.74, 6) is -0.156. The van der Waals surface area contributed by atoms with Gasteiger partial charge in [0.15, 0.2) is 5.78 Å². The second-order valence-corrected chi connectivity index (χ2v) is 6.69. The van der Waals surface area contributed by atoms with Crippen molar-refractivity contribution in [3.63, 3.8) is 0 Å². The second kappa shape index (κ2) is 7.36. The number of hydrogen-bond acceptors (Lipinski definition) is 6. The second-order valence-electron chi connectivity index (χ2n) is 5.38. The minimum Gasteiger partial charge on any atom is -0.325 e. The number of rotatable bonds is 6. The number of Topliss-reactive ketones (excluding diaryl/α,β-unsaturated/α-hetero) is 1. The molecule has 1 N–H and O–H groups in total. The van der Waals surface area contributed by atoms with Crippen LogP contribution in [0.3, 0.4) is 0 Å². The van der Waals surface area contributed by atoms with E-state index in [1.54, 1.807) is 35.9 Å². The molecule has 1 atom stereocenters. The molecular weight excluding hydrogens is 314 g/mol. The monoisotopic (exact) mass is 333 g/mol. The maximum atomic E-state index is 12.3. The van der Waals surface area contributed by atoms with E-state index in [-0.39, 0.29) is 23.0 Å². The average Bonchev–Trinajstić information content (AvgIpc) is 2.96. The van der Waals surface area contributed by atoms with Gasteiger partial charge in [-0.2, -0.15) is 0 Å². The number of thioether (sulfide) groups is 1. The van der Waals surface area contributed by atoms with Gasteiger partial charge in [-0.25, -0.2) is 4.68 Å². The van der Waals surface area contributed by atoms with E-state index in [0.29, 0.717) is 16.4 Å². The van der Waals surface area contributed by atoms with Crippen LogP contribution in [0.1, 0.15) is 44.1 Å². The summed E-state index contributed by atoms with van der Waals surface area (Å²) in [7, 11) is 0. The molecule has 0 aliphatic rings. The maximum absolute atomic E-state index is 12.3. The maximum Gasteiger partial charge on any atom is 0.237 e. The minimum atomic E-state index is -0.356. The first-order chi connectivity index (χ1) is 10.9. The molecule has 2 aromatic rings. The topological polar surface area (TPSA) is 89.8 Å². The van der Waals surface area contributed by atoms with Gasteiger partial charge in [0, 0.05) is 11.3 Å². The Labute approximate surface area is 138 Å². The SMILES string of the molecule is CC(=O)c1ccc(NC(=O)C(C)Sc2nnnn2C(C)C)cc1. The third-order valence-corrected chi connectivity index (χ3v) is 4.21. The lowest BCUT2D eigenvalue weighted by Crippen LogP contribution is -2.23. The van der Waals surface area contributed by atoms with E-state index < -0.39 is 0 Å². The van der Waals surface area contributed by atoms with E-state index in [2.05, 4.69) is 20.8 Å². The largest absolute Gasteiger partial charge is 0.325 e. The van der Waals surface area contributed by atoms with Crippen molar-refractivity contribution in [3.8, 4) is 0 Å². The summed E-state index contributed by atoms with van der Waals surface area (Å²) in [6.45, 7) is 7.25. The molecule has 0 aliphatic heterocycles. The van der Waals surface area contributed by atoms with Gasteiger partial charge in [-0.05, 0) is 62.4 Å². The Kier molecular flexibility index (Phi) is 5.49. The fourth-order valence-corrected chi connectivity index (χ4v) is 2.75. The van der Waals surface area contributed by atoms with Crippen LogP contribution < -0.4 is 5.32 Å². The normalized spacial score (nSPS) is 12.2. The summed E-state index contributed by atoms with van der Waals surface area (Å²) >= 11 is 1.30. The van der Waals surface area contributed by atoms with Gasteiger partial charge in [0.2, 0.25) is 11.1 Å². The van der Waals surface area contributed by atoms with Crippen molar-refractivity contribution in [3.05, 3.63) is 29.8 Å². The molecule has 8 heteroatoms. The zero-order valence-corrected chi connectivity index (χ0v) is 14.3. The van der Waals surface area contributed by atoms with Gasteiger partial charge >= 0.3 is 0 Å². The van der Waals surface area contributed by atoms with Crippen molar-refractivity contribution in [1.29, 1.82) is 0 Å². The van der Waals surface area contributed by atoms with E-state index >= 15 is 0 Å². The quantitative estimate of drug-likeness (QED) is 0.645. The molecule has 1 aromatic carbocycles. The van der Waals surface area contributed by atoms with Gasteiger partial charge in [0.25, 0.3) is 0 Å². The van der Waals surface area contributed by atoms with Crippen molar-refractivity contribution in [2.75, 3.05) is 5.32 Å². The highest BCUT2D eigenvalue weighted by molar-refractivity contribution is 8.00. The van der Waals surface area contributed by atoms with E-state index in [1.807, 2.05) is 13.8 Å². The van der Waals surface area contributed by atoms with E-state index in [4.69, 9.17) is 0 Å². The lowest BCUT2D eigenvalue weighted by molar-refractivity contribution is -0.115. The Morgan fingerprint density at radius 2 is 1.83 bits per heavy atom. The number of ketones is 1. The molecule has 0 spiro atoms. The number of aromatic nitrogens is 4. The van der Waals surface area contributed by atoms with Gasteiger partial charge in [-0.3, -0.25) is 9.59 Å². The van der Waals surface area contributed by atoms with Crippen molar-refractivity contribution in [1.82, 2.24) is 20.2 Å². The van der Waals surface area contributed by atoms with Crippen LogP contribution >= 0.6 is 11.8 Å². The van der Waals surface area contributed by atoms with Crippen LogP contribution in [0, 0.1) is 0 Å². The molecule has 2 rings (SSSR count). The summed E-state index contributed by atoms with van der Waals surface area (Å²) in [6.07, 6.45) is 0. The number of amides is 1. The smallest absolute Gasteiger partial charge is 0.237 e. The highest BCUT2D eigenvalue weighted by Crippen LogP contribution is 2.23. The fourth-order valence-electron chi connectivity index (χ4n) is 1.83. The highest BCUT2D eigenvalue weighted by atomic mass is 32.2. The van der Waals surface area contributed by atoms with Crippen LogP contribution in [0.25, 0.3) is 0 Å². The predicted octanol–water partition coefficient (Wildman–Crippen LogP) is 2.58. The molecule has 0 saturated heterocycles. The van der Waals surface area contributed by atoms with Crippen LogP contribution in [0.15, 0.2) is 29.4 Å². The molecule has 0 saturated carbocycles. The number of nitrogens with one attached hydrogen (secondary N) is 1. The summed E-state index contributed by atoms with van der Waals surface area (Å²) < 4.78 is 1.68. The molecular formula is C15H19N5O2S. The zero-order valence-electron chi connectivity index (χ0n) is 13.5. The fraction of sp³-hybridized carbons (Fsp3) is 0.400. The molecule has 0 bridgehead atoms. The highest BCUT2D eigenvalue weighted by Gasteiger charge is 2.19. The standard InChI is InChI=1S/C15H19N5O2S/c1-9(2)20-15(17-18-19-20)23-11(4)14(22)16-13-7-5-12(6-8-13)10(3)21/h5-9,11H,1-4H3,(H,16,22). The molecule has 1 amide bonds. The lowest BCUT2D eigenvalue weighted by Gasteiger charge is -2.13. The number of hydrogen-bond donors (Lipinski definition) is 1. The molecule has 7 nitrogen and oxygen atoms in total. The van der Waals surface area contributed by atoms with Crippen molar-refractivity contribution < 1.29 is 9.59 Å². The Morgan fingerprint density at radius 3 is 2.39 bits per heavy atom. The number of tetrazole rings is 1. The van der Waals surface area contributed by atoms with Crippen molar-refractivity contribution in [2.24, 2.45) is 0 Å². The predicted molar refractivity (Wildman–Crippen MR) is 88.6 cm³/mol. The number of anilines is 1. The summed E-state index contributed by atoms with van der Waals surface area (Å²) in [4.78, 5) is 23.5. The Morgan fingerprint density at radius 1 is 1.17 bits per heavy atom. The summed E-state index contributed by atoms with van der Waals surface area (Å²) in [6, 6.07) is 6.93. The van der Waals surface area contributed by atoms with E-state index in [9.17, 15) is 9.59 Å². The Bertz CT molecular complexity index is 696. The van der Waals surface area contributed by atoms with Crippen LogP contribution in [-0.4, -0.2) is 37.1 Å². The number of benzene rings is 1. The van der Waals surface area contributed by atoms with Crippen LogP contribution in [0.4, 0.5) is 5.69 Å². The van der Waals surface area contributed by atoms with Crippen molar-refractivity contribution >= 4 is 29.1 Å². The molecule has 0 fully saturated rings. The zero-order chi connectivity index (χ0) is 17.0. The Hall–Kier alpha value is -2.22. The first kappa shape index (κ1) is 17.1. The number of carbonyl (C=O) groups excluding carboxylic acids is 2. The number of carbonyl (C=O) groups is 2. The van der Waals surface area contributed by atoms with E-state index in [1.165, 1.54) is 18.7 Å². The van der Waals surface area contributed by atoms with Gasteiger partial charge in [0.1, 0.15) is 0 Å². The molecule has 23 heavy (non-hydrogen) atoms. The molecule has 0 radical (unpaired) electrons. The summed E-state index contributed by atoms with van der Waals surface area (Å²) in [5, 5.41) is 14.6. The molecule has 1 heterocycles. The number of nitrogens with zero attached hydrogens (tertiary/aromatic N) is 4. The Balaban J connectivity index is 1.99. The third kappa shape index (κ3) is 4.38. The lowest BCUT2D eigenvalue weighted by atomic mass is 10.1. The molecule has 1 unspecified atom stereocenters. The van der Waals surface area contributed by atoms with E-state index in [0.717, 1.165) is 0 Å². The minimum absolute atomic E-state index is 0.00711. The third-order valence-electron chi connectivity index (χ3n) is 3.16. The van der Waals surface area contributed by atoms with Crippen LogP contribution in [-0.2, 0) is 4.79 Å². The molecule has 0 aliphatic carbocycles. The van der Waals surface area contributed by atoms with Gasteiger partial charge in [0.05, 0.1) is 11.3 Å². The van der Waals surface area contributed by atoms with Gasteiger partial charge in [-0.1, -0.05) is 11.8 Å². The first-order valence-electron chi connectivity index (χ1n) is 7.25. The first-order valence-corrected chi connectivity index (χ1v) is 8.13. The van der Waals surface area contributed by atoms with Gasteiger partial charge < -0.3 is 5.32 Å².